The third-order valence-electron chi connectivity index (χ3n) is 2.67. The quantitative estimate of drug-likeness (QED) is 0.812. The second-order valence-electron chi connectivity index (χ2n) is 4.09. The van der Waals surface area contributed by atoms with Gasteiger partial charge in [-0.05, 0) is 30.3 Å². The Morgan fingerprint density at radius 1 is 1.05 bits per heavy atom. The molecule has 21 heavy (non-hydrogen) atoms. The molecule has 0 radical (unpaired) electrons. The third-order valence-corrected chi connectivity index (χ3v) is 2.67. The van der Waals surface area contributed by atoms with Crippen LogP contribution in [-0.4, -0.2) is 22.1 Å². The normalized spacial score (nSPS) is 10.2. The van der Waals surface area contributed by atoms with Gasteiger partial charge < -0.3 is 15.5 Å². The number of carbonyl (C=O) groups excluding carboxylic acids is 1. The van der Waals surface area contributed by atoms with Crippen molar-refractivity contribution in [1.82, 2.24) is 0 Å². The van der Waals surface area contributed by atoms with Crippen molar-refractivity contribution in [2.75, 3.05) is 5.32 Å². The van der Waals surface area contributed by atoms with Crippen LogP contribution < -0.4 is 5.32 Å². The van der Waals surface area contributed by atoms with Crippen LogP contribution in [0, 0.1) is 11.6 Å². The maximum atomic E-state index is 13.5. The van der Waals surface area contributed by atoms with Crippen molar-refractivity contribution < 1.29 is 28.6 Å². The maximum Gasteiger partial charge on any atom is 0.338 e. The average molecular weight is 293 g/mol. The van der Waals surface area contributed by atoms with Crippen LogP contribution in [0.15, 0.2) is 36.4 Å². The lowest BCUT2D eigenvalue weighted by Gasteiger charge is -2.08. The van der Waals surface area contributed by atoms with Crippen molar-refractivity contribution in [2.45, 2.75) is 0 Å². The second-order valence-corrected chi connectivity index (χ2v) is 4.09. The van der Waals surface area contributed by atoms with Crippen molar-refractivity contribution >= 4 is 17.6 Å². The zero-order valence-electron chi connectivity index (χ0n) is 10.4. The number of aromatic carboxylic acids is 1. The Bertz CT molecular complexity index is 711. The molecule has 0 heterocycles. The van der Waals surface area contributed by atoms with Gasteiger partial charge in [-0.2, -0.15) is 0 Å². The van der Waals surface area contributed by atoms with E-state index >= 15 is 0 Å². The summed E-state index contributed by atoms with van der Waals surface area (Å²) in [4.78, 5) is 22.7. The smallest absolute Gasteiger partial charge is 0.338 e. The highest BCUT2D eigenvalue weighted by Gasteiger charge is 2.18. The van der Waals surface area contributed by atoms with Gasteiger partial charge in [0.25, 0.3) is 5.91 Å². The molecule has 0 aliphatic rings. The lowest BCUT2D eigenvalue weighted by molar-refractivity contribution is 0.0691. The standard InChI is InChI=1S/C14H9F2NO4/c15-9-5-4-7(6-8(9)14(20)21)17-13(19)12-10(16)2-1-3-11(12)18/h1-6,18H,(H,17,19)(H,20,21). The molecular formula is C14H9F2NO4. The minimum Gasteiger partial charge on any atom is -0.507 e. The number of amides is 1. The molecule has 0 atom stereocenters. The fraction of sp³-hybridized carbons (Fsp3) is 0. The van der Waals surface area contributed by atoms with Crippen molar-refractivity contribution in [3.63, 3.8) is 0 Å². The maximum absolute atomic E-state index is 13.5. The first kappa shape index (κ1) is 14.4. The Morgan fingerprint density at radius 2 is 1.76 bits per heavy atom. The number of hydrogen-bond acceptors (Lipinski definition) is 3. The van der Waals surface area contributed by atoms with E-state index in [1.54, 1.807) is 0 Å². The Labute approximate surface area is 117 Å². The van der Waals surface area contributed by atoms with Crippen LogP contribution in [0.1, 0.15) is 20.7 Å². The Morgan fingerprint density at radius 3 is 2.38 bits per heavy atom. The molecule has 2 aromatic rings. The molecule has 0 aliphatic heterocycles. The summed E-state index contributed by atoms with van der Waals surface area (Å²) in [6.07, 6.45) is 0. The van der Waals surface area contributed by atoms with Gasteiger partial charge in [0, 0.05) is 5.69 Å². The Balaban J connectivity index is 2.32. The number of rotatable bonds is 3. The summed E-state index contributed by atoms with van der Waals surface area (Å²) < 4.78 is 26.7. The zero-order valence-corrected chi connectivity index (χ0v) is 10.4. The number of aromatic hydroxyl groups is 1. The van der Waals surface area contributed by atoms with Crippen LogP contribution in [0.3, 0.4) is 0 Å². The highest BCUT2D eigenvalue weighted by atomic mass is 19.1. The summed E-state index contributed by atoms with van der Waals surface area (Å²) in [5.74, 6) is -4.94. The molecule has 0 bridgehead atoms. The number of carboxylic acid groups (broad SMARTS) is 1. The van der Waals surface area contributed by atoms with Crippen LogP contribution in [-0.2, 0) is 0 Å². The molecule has 0 aromatic heterocycles. The van der Waals surface area contributed by atoms with Crippen molar-refractivity contribution in [1.29, 1.82) is 0 Å². The Kier molecular flexibility index (Phi) is 3.84. The minimum atomic E-state index is -1.50. The van der Waals surface area contributed by atoms with Crippen molar-refractivity contribution in [3.8, 4) is 5.75 Å². The minimum absolute atomic E-state index is 0.0403. The number of carbonyl (C=O) groups is 2. The van der Waals surface area contributed by atoms with Gasteiger partial charge in [-0.25, -0.2) is 13.6 Å². The van der Waals surface area contributed by atoms with Gasteiger partial charge in [0.05, 0.1) is 5.56 Å². The van der Waals surface area contributed by atoms with Gasteiger partial charge in [-0.1, -0.05) is 6.07 Å². The summed E-state index contributed by atoms with van der Waals surface area (Å²) in [7, 11) is 0. The number of phenolic OH excluding ortho intramolecular Hbond substituents is 1. The number of hydrogen-bond donors (Lipinski definition) is 3. The number of halogens is 2. The number of benzene rings is 2. The molecule has 1 amide bonds. The molecule has 0 spiro atoms. The van der Waals surface area contributed by atoms with E-state index in [1.165, 1.54) is 6.07 Å². The summed E-state index contributed by atoms with van der Waals surface area (Å²) in [5.41, 5.74) is -1.26. The number of anilines is 1. The summed E-state index contributed by atoms with van der Waals surface area (Å²) in [6.45, 7) is 0. The van der Waals surface area contributed by atoms with Gasteiger partial charge in [0.2, 0.25) is 0 Å². The SMILES string of the molecule is O=C(O)c1cc(NC(=O)c2c(O)cccc2F)ccc1F. The molecule has 0 fully saturated rings. The number of carboxylic acids is 1. The van der Waals surface area contributed by atoms with Gasteiger partial charge in [0.1, 0.15) is 22.9 Å². The first-order chi connectivity index (χ1) is 9.90. The van der Waals surface area contributed by atoms with Crippen LogP contribution >= 0.6 is 0 Å². The van der Waals surface area contributed by atoms with Crippen molar-refractivity contribution in [2.24, 2.45) is 0 Å². The first-order valence-electron chi connectivity index (χ1n) is 5.72. The van der Waals surface area contributed by atoms with Gasteiger partial charge in [-0.3, -0.25) is 4.79 Å². The summed E-state index contributed by atoms with van der Waals surface area (Å²) >= 11 is 0. The van der Waals surface area contributed by atoms with E-state index in [0.717, 1.165) is 30.3 Å². The summed E-state index contributed by atoms with van der Waals surface area (Å²) in [5, 5.41) is 20.4. The fourth-order valence-corrected chi connectivity index (χ4v) is 1.70. The molecule has 0 saturated carbocycles. The second kappa shape index (κ2) is 5.58. The van der Waals surface area contributed by atoms with Gasteiger partial charge in [-0.15, -0.1) is 0 Å². The average Bonchev–Trinajstić information content (AvgIpc) is 2.40. The molecule has 2 rings (SSSR count). The van der Waals surface area contributed by atoms with E-state index in [0.29, 0.717) is 0 Å². The fourth-order valence-electron chi connectivity index (χ4n) is 1.70. The molecule has 0 unspecified atom stereocenters. The predicted molar refractivity (Wildman–Crippen MR) is 69.4 cm³/mol. The lowest BCUT2D eigenvalue weighted by atomic mass is 10.1. The summed E-state index contributed by atoms with van der Waals surface area (Å²) in [6, 6.07) is 6.22. The molecule has 2 aromatic carbocycles. The van der Waals surface area contributed by atoms with E-state index in [-0.39, 0.29) is 5.69 Å². The number of phenols is 1. The van der Waals surface area contributed by atoms with Gasteiger partial charge >= 0.3 is 5.97 Å². The van der Waals surface area contributed by atoms with E-state index < -0.39 is 40.4 Å². The Hall–Kier alpha value is -2.96. The molecule has 5 nitrogen and oxygen atoms in total. The van der Waals surface area contributed by atoms with Crippen molar-refractivity contribution in [3.05, 3.63) is 59.2 Å². The molecule has 0 aliphatic carbocycles. The highest BCUT2D eigenvalue weighted by molar-refractivity contribution is 6.06. The molecule has 108 valence electrons. The van der Waals surface area contributed by atoms with Crippen LogP contribution in [0.4, 0.5) is 14.5 Å². The predicted octanol–water partition coefficient (Wildman–Crippen LogP) is 2.62. The lowest BCUT2D eigenvalue weighted by Crippen LogP contribution is -2.14. The largest absolute Gasteiger partial charge is 0.507 e. The van der Waals surface area contributed by atoms with Crippen LogP contribution in [0.5, 0.6) is 5.75 Å². The van der Waals surface area contributed by atoms with Gasteiger partial charge in [0.15, 0.2) is 0 Å². The topological polar surface area (TPSA) is 86.6 Å². The molecule has 3 N–H and O–H groups in total. The van der Waals surface area contributed by atoms with E-state index in [9.17, 15) is 23.5 Å². The monoisotopic (exact) mass is 293 g/mol. The zero-order chi connectivity index (χ0) is 15.6. The third kappa shape index (κ3) is 2.97. The van der Waals surface area contributed by atoms with Crippen LogP contribution in [0.25, 0.3) is 0 Å². The van der Waals surface area contributed by atoms with E-state index in [1.807, 2.05) is 0 Å². The van der Waals surface area contributed by atoms with Crippen LogP contribution in [0.2, 0.25) is 0 Å². The molecular weight excluding hydrogens is 284 g/mol. The van der Waals surface area contributed by atoms with E-state index in [2.05, 4.69) is 5.32 Å². The highest BCUT2D eigenvalue weighted by Crippen LogP contribution is 2.22. The van der Waals surface area contributed by atoms with E-state index in [4.69, 9.17) is 5.11 Å². The molecule has 0 saturated heterocycles. The molecule has 7 heteroatoms. The number of nitrogens with one attached hydrogen (secondary N) is 1. The first-order valence-corrected chi connectivity index (χ1v) is 5.72.